The zero-order valence-electron chi connectivity index (χ0n) is 46.4. The predicted molar refractivity (Wildman–Crippen MR) is 339 cm³/mol. The Morgan fingerprint density at radius 3 is 1.76 bits per heavy atom. The van der Waals surface area contributed by atoms with Gasteiger partial charge in [-0.3, -0.25) is 0 Å². The van der Waals surface area contributed by atoms with Gasteiger partial charge in [0, 0.05) is 39.1 Å². The average Bonchev–Trinajstić information content (AvgIpc) is 3.88. The number of hydrogen-bond donors (Lipinski definition) is 0. The Morgan fingerprint density at radius 1 is 0.405 bits per heavy atom. The van der Waals surface area contributed by atoms with Gasteiger partial charge in [0.05, 0.1) is 16.9 Å². The van der Waals surface area contributed by atoms with Gasteiger partial charge in [-0.2, -0.15) is 0 Å². The Labute approximate surface area is 466 Å². The lowest BCUT2D eigenvalue weighted by molar-refractivity contribution is 0.569. The summed E-state index contributed by atoms with van der Waals surface area (Å²) < 4.78 is 2.51. The minimum atomic E-state index is -0.0322. The minimum absolute atomic E-state index is 0.0322. The van der Waals surface area contributed by atoms with E-state index >= 15 is 0 Å². The maximum Gasteiger partial charge on any atom is 0.0546 e. The first-order valence-corrected chi connectivity index (χ1v) is 28.1. The summed E-state index contributed by atoms with van der Waals surface area (Å²) in [5.74, 6) is 0.464. The molecule has 0 bridgehead atoms. The van der Waals surface area contributed by atoms with Crippen LogP contribution in [0.2, 0.25) is 0 Å². The van der Waals surface area contributed by atoms with Gasteiger partial charge < -0.3 is 9.47 Å². The quantitative estimate of drug-likeness (QED) is 0.140. The van der Waals surface area contributed by atoms with Crippen molar-refractivity contribution < 1.29 is 0 Å². The molecule has 0 amide bonds. The monoisotopic (exact) mass is 1020 g/mol. The van der Waals surface area contributed by atoms with Gasteiger partial charge in [0.1, 0.15) is 0 Å². The molecule has 1 aliphatic rings. The van der Waals surface area contributed by atoms with Gasteiger partial charge in [-0.25, -0.2) is 0 Å². The van der Waals surface area contributed by atoms with Gasteiger partial charge in [-0.05, 0) is 143 Å². The van der Waals surface area contributed by atoms with Crippen molar-refractivity contribution in [1.82, 2.24) is 4.57 Å². The van der Waals surface area contributed by atoms with Crippen LogP contribution < -0.4 is 4.90 Å². The first kappa shape index (κ1) is 49.6. The molecule has 0 spiro atoms. The van der Waals surface area contributed by atoms with Crippen LogP contribution >= 0.6 is 0 Å². The molecule has 11 aromatic carbocycles. The summed E-state index contributed by atoms with van der Waals surface area (Å²) in [5, 5.41) is 6.19. The van der Waals surface area contributed by atoms with E-state index in [1.807, 2.05) is 0 Å². The van der Waals surface area contributed by atoms with E-state index in [0.29, 0.717) is 5.92 Å². The molecule has 0 aliphatic heterocycles. The molecule has 0 radical (unpaired) electrons. The number of fused-ring (bicyclic) bond motifs is 5. The molecule has 1 aliphatic carbocycles. The van der Waals surface area contributed by atoms with Gasteiger partial charge in [-0.15, -0.1) is 0 Å². The Hall–Kier alpha value is -8.98. The van der Waals surface area contributed by atoms with Crippen molar-refractivity contribution in [2.45, 2.75) is 65.7 Å². The third kappa shape index (κ3) is 9.15. The van der Waals surface area contributed by atoms with Crippen molar-refractivity contribution in [2.75, 3.05) is 4.90 Å². The molecular weight excluding hydrogens is 953 g/mol. The van der Waals surface area contributed by atoms with E-state index in [4.69, 9.17) is 0 Å². The van der Waals surface area contributed by atoms with Crippen molar-refractivity contribution in [3.63, 3.8) is 0 Å². The van der Waals surface area contributed by atoms with Crippen LogP contribution in [-0.4, -0.2) is 4.57 Å². The number of allylic oxidation sites excluding steroid dienone is 1. The Morgan fingerprint density at radius 2 is 1.00 bits per heavy atom. The summed E-state index contributed by atoms with van der Waals surface area (Å²) >= 11 is 0. The second-order valence-electron chi connectivity index (χ2n) is 23.8. The van der Waals surface area contributed by atoms with Crippen LogP contribution in [0.1, 0.15) is 70.9 Å². The number of benzene rings is 11. The molecular formula is C77H66N2. The van der Waals surface area contributed by atoms with E-state index in [2.05, 4.69) is 313 Å². The third-order valence-electron chi connectivity index (χ3n) is 16.4. The van der Waals surface area contributed by atoms with Crippen molar-refractivity contribution in [3.8, 4) is 61.3 Å². The number of anilines is 3. The molecule has 1 aromatic heterocycles. The maximum absolute atomic E-state index is 2.55. The summed E-state index contributed by atoms with van der Waals surface area (Å²) in [6.07, 6.45) is 5.71. The normalized spacial score (nSPS) is 13.5. The van der Waals surface area contributed by atoms with Crippen molar-refractivity contribution in [3.05, 3.63) is 271 Å². The second kappa shape index (κ2) is 19.8. The lowest BCUT2D eigenvalue weighted by Crippen LogP contribution is -2.16. The molecule has 2 nitrogen and oxygen atoms in total. The van der Waals surface area contributed by atoms with Crippen LogP contribution in [0.15, 0.2) is 249 Å². The van der Waals surface area contributed by atoms with Gasteiger partial charge in [0.25, 0.3) is 0 Å². The van der Waals surface area contributed by atoms with Crippen molar-refractivity contribution in [2.24, 2.45) is 5.92 Å². The fraction of sp³-hybridized carbons (Fsp3) is 0.143. The molecule has 1 unspecified atom stereocenters. The summed E-state index contributed by atoms with van der Waals surface area (Å²) in [6.45, 7) is 16.3. The standard InChI is InChI=1S/C77H66N2/c1-51-38-41-68-69-43-39-56(48-74(69)78(72(68)44-51)61-29-12-9-13-30-61)55-28-18-31-62(47-55)79(73-49-57(40-42-65(73)53-22-10-8-11-23-53)64-34-19-25-52-24-14-15-32-63(52)64)71-37-17-16-33-67(71)70-36-21-27-54-26-20-35-66(75(54)70)58-45-59(76(2,3)4)50-60(46-58)77(5,6)7/h8-43,45-51H,44H2,1-7H3. The molecule has 79 heavy (non-hydrogen) atoms. The summed E-state index contributed by atoms with van der Waals surface area (Å²) in [7, 11) is 0. The first-order valence-electron chi connectivity index (χ1n) is 28.1. The third-order valence-corrected chi connectivity index (χ3v) is 16.4. The van der Waals surface area contributed by atoms with E-state index in [9.17, 15) is 0 Å². The lowest BCUT2D eigenvalue weighted by atomic mass is 9.78. The van der Waals surface area contributed by atoms with Crippen molar-refractivity contribution >= 4 is 55.6 Å². The van der Waals surface area contributed by atoms with Gasteiger partial charge in [-0.1, -0.05) is 261 Å². The van der Waals surface area contributed by atoms with Crippen LogP contribution in [0.25, 0.3) is 99.8 Å². The molecule has 13 rings (SSSR count). The van der Waals surface area contributed by atoms with Gasteiger partial charge in [0.2, 0.25) is 0 Å². The van der Waals surface area contributed by atoms with E-state index in [0.717, 1.165) is 51.3 Å². The lowest BCUT2D eigenvalue weighted by Gasteiger charge is -2.31. The Kier molecular flexibility index (Phi) is 12.4. The largest absolute Gasteiger partial charge is 0.313 e. The molecule has 0 saturated heterocycles. The van der Waals surface area contributed by atoms with E-state index in [1.165, 1.54) is 88.3 Å². The Bertz CT molecular complexity index is 4270. The fourth-order valence-corrected chi connectivity index (χ4v) is 12.2. The highest BCUT2D eigenvalue weighted by molar-refractivity contribution is 6.10. The van der Waals surface area contributed by atoms with Crippen LogP contribution in [0.3, 0.4) is 0 Å². The highest BCUT2D eigenvalue weighted by Gasteiger charge is 2.27. The second-order valence-corrected chi connectivity index (χ2v) is 23.8. The molecule has 384 valence electrons. The number of nitrogens with zero attached hydrogens (tertiary/aromatic N) is 2. The Balaban J connectivity index is 1.07. The molecule has 1 atom stereocenters. The molecule has 12 aromatic rings. The van der Waals surface area contributed by atoms with Gasteiger partial charge in [0.15, 0.2) is 0 Å². The molecule has 0 saturated carbocycles. The number of hydrogen-bond acceptors (Lipinski definition) is 1. The topological polar surface area (TPSA) is 8.17 Å². The number of rotatable bonds is 9. The summed E-state index contributed by atoms with van der Waals surface area (Å²) in [6, 6.07) is 90.8. The van der Waals surface area contributed by atoms with E-state index in [-0.39, 0.29) is 10.8 Å². The summed E-state index contributed by atoms with van der Waals surface area (Å²) in [4.78, 5) is 2.55. The molecule has 2 heteroatoms. The van der Waals surface area contributed by atoms with Crippen LogP contribution in [0.5, 0.6) is 0 Å². The number of para-hydroxylation sites is 2. The molecule has 0 fully saturated rings. The highest BCUT2D eigenvalue weighted by atomic mass is 15.1. The first-order chi connectivity index (χ1) is 38.4. The SMILES string of the molecule is CC1C=Cc2c(n(-c3ccccc3)c3cc(-c4cccc(N(c5cc(-c6cccc7ccccc67)ccc5-c5ccccc5)c5ccccc5-c5cccc6cccc(-c7cc(C(C)(C)C)cc(C(C)(C)C)c7)c56)c4)ccc23)C1. The smallest absolute Gasteiger partial charge is 0.0546 e. The van der Waals surface area contributed by atoms with Crippen molar-refractivity contribution in [1.29, 1.82) is 0 Å². The average molecular weight is 1020 g/mol. The molecule has 0 N–H and O–H groups in total. The van der Waals surface area contributed by atoms with E-state index in [1.54, 1.807) is 0 Å². The van der Waals surface area contributed by atoms with Gasteiger partial charge >= 0.3 is 0 Å². The highest BCUT2D eigenvalue weighted by Crippen LogP contribution is 2.50. The van der Waals surface area contributed by atoms with E-state index < -0.39 is 0 Å². The maximum atomic E-state index is 2.55. The fourth-order valence-electron chi connectivity index (χ4n) is 12.2. The molecule has 1 heterocycles. The predicted octanol–water partition coefficient (Wildman–Crippen LogP) is 21.5. The van der Waals surface area contributed by atoms with Crippen LogP contribution in [0, 0.1) is 5.92 Å². The minimum Gasteiger partial charge on any atom is -0.313 e. The van der Waals surface area contributed by atoms with Crippen LogP contribution in [-0.2, 0) is 17.3 Å². The zero-order chi connectivity index (χ0) is 54.0. The zero-order valence-corrected chi connectivity index (χ0v) is 46.4. The van der Waals surface area contributed by atoms with Crippen LogP contribution in [0.4, 0.5) is 17.1 Å². The summed E-state index contributed by atoms with van der Waals surface area (Å²) in [5.41, 5.74) is 22.8. The number of aromatic nitrogens is 1.